The molecule has 0 atom stereocenters. The number of nitrogens with two attached hydrogens (primary N) is 1. The van der Waals surface area contributed by atoms with Crippen molar-refractivity contribution in [2.75, 3.05) is 5.32 Å². The number of aryl methyl sites for hydroxylation is 1. The van der Waals surface area contributed by atoms with Gasteiger partial charge in [0.1, 0.15) is 11.6 Å². The Kier molecular flexibility index (Phi) is 5.14. The third-order valence-corrected chi connectivity index (χ3v) is 4.12. The van der Waals surface area contributed by atoms with Gasteiger partial charge in [0.25, 0.3) is 5.91 Å². The highest BCUT2D eigenvalue weighted by Crippen LogP contribution is 2.15. The number of anilines is 1. The van der Waals surface area contributed by atoms with Crippen LogP contribution in [0, 0.1) is 18.3 Å². The van der Waals surface area contributed by atoms with Crippen LogP contribution in [0.5, 0.6) is 0 Å². The molecule has 0 fully saturated rings. The number of amides is 1. The van der Waals surface area contributed by atoms with Gasteiger partial charge in [-0.1, -0.05) is 29.8 Å². The molecule has 0 spiro atoms. The van der Waals surface area contributed by atoms with Gasteiger partial charge in [-0.15, -0.1) is 0 Å². The van der Waals surface area contributed by atoms with Gasteiger partial charge in [0.05, 0.1) is 4.90 Å². The van der Waals surface area contributed by atoms with Crippen molar-refractivity contribution in [3.05, 3.63) is 65.2 Å². The van der Waals surface area contributed by atoms with Gasteiger partial charge in [0.2, 0.25) is 10.0 Å². The molecule has 1 amide bonds. The lowest BCUT2D eigenvalue weighted by Crippen LogP contribution is -2.14. The molecule has 122 valence electrons. The number of primary sulfonamides is 1. The summed E-state index contributed by atoms with van der Waals surface area (Å²) in [5.41, 5.74) is 2.11. The van der Waals surface area contributed by atoms with Crippen LogP contribution in [0.3, 0.4) is 0 Å². The standard InChI is InChI=1S/C17H15N3O3S/c1-12-2-4-13(5-3-12)10-14(11-18)17(21)20-15-6-8-16(9-7-15)24(19,22)23/h2-10H,1H3,(H,20,21)(H2,19,22,23). The number of nitriles is 1. The Balaban J connectivity index is 2.18. The van der Waals surface area contributed by atoms with E-state index in [0.29, 0.717) is 5.69 Å². The van der Waals surface area contributed by atoms with Crippen molar-refractivity contribution >= 4 is 27.7 Å². The Bertz CT molecular complexity index is 923. The van der Waals surface area contributed by atoms with E-state index in [0.717, 1.165) is 11.1 Å². The molecule has 0 unspecified atom stereocenters. The average Bonchev–Trinajstić information content (AvgIpc) is 2.54. The molecule has 0 saturated heterocycles. The summed E-state index contributed by atoms with van der Waals surface area (Å²) < 4.78 is 22.4. The topological polar surface area (TPSA) is 113 Å². The second-order valence-corrected chi connectivity index (χ2v) is 6.67. The van der Waals surface area contributed by atoms with Crippen molar-refractivity contribution in [2.45, 2.75) is 11.8 Å². The van der Waals surface area contributed by atoms with Crippen LogP contribution in [0.25, 0.3) is 6.08 Å². The first-order valence-electron chi connectivity index (χ1n) is 6.92. The summed E-state index contributed by atoms with van der Waals surface area (Å²) in [6.07, 6.45) is 1.48. The number of hydrogen-bond donors (Lipinski definition) is 2. The number of nitrogens with one attached hydrogen (secondary N) is 1. The van der Waals surface area contributed by atoms with Crippen molar-refractivity contribution in [3.63, 3.8) is 0 Å². The Hall–Kier alpha value is -2.95. The van der Waals surface area contributed by atoms with Crippen LogP contribution in [-0.2, 0) is 14.8 Å². The van der Waals surface area contributed by atoms with Gasteiger partial charge in [-0.25, -0.2) is 13.6 Å². The smallest absolute Gasteiger partial charge is 0.266 e. The van der Waals surface area contributed by atoms with Crippen LogP contribution < -0.4 is 10.5 Å². The molecule has 6 nitrogen and oxygen atoms in total. The molecule has 2 aromatic carbocycles. The fraction of sp³-hybridized carbons (Fsp3) is 0.0588. The van der Waals surface area contributed by atoms with E-state index >= 15 is 0 Å². The molecule has 3 N–H and O–H groups in total. The number of carbonyl (C=O) groups is 1. The van der Waals surface area contributed by atoms with E-state index in [-0.39, 0.29) is 10.5 Å². The van der Waals surface area contributed by atoms with Crippen molar-refractivity contribution in [2.24, 2.45) is 5.14 Å². The van der Waals surface area contributed by atoms with E-state index in [4.69, 9.17) is 10.4 Å². The van der Waals surface area contributed by atoms with Crippen LogP contribution in [0.1, 0.15) is 11.1 Å². The second kappa shape index (κ2) is 7.08. The maximum Gasteiger partial charge on any atom is 0.266 e. The fourth-order valence-electron chi connectivity index (χ4n) is 1.90. The van der Waals surface area contributed by atoms with Gasteiger partial charge in [0.15, 0.2) is 0 Å². The molecular formula is C17H15N3O3S. The van der Waals surface area contributed by atoms with Crippen LogP contribution in [0.2, 0.25) is 0 Å². The van der Waals surface area contributed by atoms with E-state index in [1.807, 2.05) is 25.1 Å². The summed E-state index contributed by atoms with van der Waals surface area (Å²) in [5, 5.41) is 16.7. The number of benzene rings is 2. The number of carbonyl (C=O) groups excluding carboxylic acids is 1. The molecule has 0 aliphatic heterocycles. The Morgan fingerprint density at radius 2 is 1.71 bits per heavy atom. The van der Waals surface area contributed by atoms with Gasteiger partial charge in [-0.2, -0.15) is 5.26 Å². The summed E-state index contributed by atoms with van der Waals surface area (Å²) in [7, 11) is -3.79. The van der Waals surface area contributed by atoms with E-state index in [1.165, 1.54) is 30.3 Å². The summed E-state index contributed by atoms with van der Waals surface area (Å²) >= 11 is 0. The van der Waals surface area contributed by atoms with E-state index in [9.17, 15) is 13.2 Å². The Morgan fingerprint density at radius 3 is 2.21 bits per heavy atom. The second-order valence-electron chi connectivity index (χ2n) is 5.10. The first kappa shape index (κ1) is 17.4. The van der Waals surface area contributed by atoms with Crippen molar-refractivity contribution < 1.29 is 13.2 Å². The largest absolute Gasteiger partial charge is 0.321 e. The van der Waals surface area contributed by atoms with Gasteiger partial charge in [-0.3, -0.25) is 4.79 Å². The molecule has 7 heteroatoms. The minimum Gasteiger partial charge on any atom is -0.321 e. The lowest BCUT2D eigenvalue weighted by atomic mass is 10.1. The van der Waals surface area contributed by atoms with Crippen molar-refractivity contribution in [1.82, 2.24) is 0 Å². The molecule has 0 heterocycles. The van der Waals surface area contributed by atoms with E-state index < -0.39 is 15.9 Å². The molecule has 2 rings (SSSR count). The number of rotatable bonds is 4. The summed E-state index contributed by atoms with van der Waals surface area (Å²) in [4.78, 5) is 12.1. The van der Waals surface area contributed by atoms with Crippen molar-refractivity contribution in [1.29, 1.82) is 5.26 Å². The molecular weight excluding hydrogens is 326 g/mol. The number of hydrogen-bond acceptors (Lipinski definition) is 4. The molecule has 0 saturated carbocycles. The molecule has 0 aromatic heterocycles. The maximum atomic E-state index is 12.2. The zero-order chi connectivity index (χ0) is 17.7. The zero-order valence-corrected chi connectivity index (χ0v) is 13.7. The Labute approximate surface area is 140 Å². The van der Waals surface area contributed by atoms with Crippen molar-refractivity contribution in [3.8, 4) is 6.07 Å². The quantitative estimate of drug-likeness (QED) is 0.655. The van der Waals surface area contributed by atoms with Crippen LogP contribution in [0.15, 0.2) is 59.0 Å². The lowest BCUT2D eigenvalue weighted by molar-refractivity contribution is -0.112. The highest BCUT2D eigenvalue weighted by molar-refractivity contribution is 7.89. The predicted octanol–water partition coefficient (Wildman–Crippen LogP) is 2.19. The molecule has 0 aliphatic rings. The summed E-state index contributed by atoms with van der Waals surface area (Å²) in [5.74, 6) is -0.582. The first-order valence-corrected chi connectivity index (χ1v) is 8.47. The minimum atomic E-state index is -3.79. The minimum absolute atomic E-state index is 0.0591. The first-order chi connectivity index (χ1) is 11.3. The highest BCUT2D eigenvalue weighted by atomic mass is 32.2. The Morgan fingerprint density at radius 1 is 1.12 bits per heavy atom. The number of sulfonamides is 1. The zero-order valence-electron chi connectivity index (χ0n) is 12.9. The monoisotopic (exact) mass is 341 g/mol. The SMILES string of the molecule is Cc1ccc(C=C(C#N)C(=O)Nc2ccc(S(N)(=O)=O)cc2)cc1. The average molecular weight is 341 g/mol. The van der Waals surface area contributed by atoms with Crippen LogP contribution >= 0.6 is 0 Å². The van der Waals surface area contributed by atoms with Gasteiger partial charge < -0.3 is 5.32 Å². The summed E-state index contributed by atoms with van der Waals surface area (Å²) in [6.45, 7) is 1.94. The molecule has 2 aromatic rings. The molecule has 24 heavy (non-hydrogen) atoms. The molecule has 0 aliphatic carbocycles. The third kappa shape index (κ3) is 4.52. The van der Waals surface area contributed by atoms with E-state index in [1.54, 1.807) is 12.1 Å². The van der Waals surface area contributed by atoms with Crippen LogP contribution in [-0.4, -0.2) is 14.3 Å². The van der Waals surface area contributed by atoms with Gasteiger partial charge >= 0.3 is 0 Å². The third-order valence-electron chi connectivity index (χ3n) is 3.19. The molecule has 0 bridgehead atoms. The van der Waals surface area contributed by atoms with Gasteiger partial charge in [0, 0.05) is 5.69 Å². The summed E-state index contributed by atoms with van der Waals surface area (Å²) in [6, 6.07) is 14.6. The lowest BCUT2D eigenvalue weighted by Gasteiger charge is -2.05. The molecule has 0 radical (unpaired) electrons. The normalized spacial score (nSPS) is 11.6. The highest BCUT2D eigenvalue weighted by Gasteiger charge is 2.11. The number of nitrogens with zero attached hydrogens (tertiary/aromatic N) is 1. The van der Waals surface area contributed by atoms with E-state index in [2.05, 4.69) is 5.32 Å². The predicted molar refractivity (Wildman–Crippen MR) is 91.2 cm³/mol. The van der Waals surface area contributed by atoms with Gasteiger partial charge in [-0.05, 0) is 42.8 Å². The maximum absolute atomic E-state index is 12.2. The van der Waals surface area contributed by atoms with Crippen LogP contribution in [0.4, 0.5) is 5.69 Å². The fourth-order valence-corrected chi connectivity index (χ4v) is 2.42.